The second-order valence-electron chi connectivity index (χ2n) is 6.97. The molecule has 24 heavy (non-hydrogen) atoms. The molecule has 1 aromatic rings. The van der Waals surface area contributed by atoms with Gasteiger partial charge in [-0.3, -0.25) is 9.69 Å². The van der Waals surface area contributed by atoms with E-state index in [9.17, 15) is 4.79 Å². The van der Waals surface area contributed by atoms with Gasteiger partial charge in [-0.05, 0) is 49.9 Å². The van der Waals surface area contributed by atoms with Gasteiger partial charge in [0.1, 0.15) is 0 Å². The normalized spacial score (nSPS) is 26.2. The molecule has 0 spiro atoms. The summed E-state index contributed by atoms with van der Waals surface area (Å²) in [5.41, 5.74) is 7.94. The Morgan fingerprint density at radius 2 is 2.00 bits per heavy atom. The molecule has 1 aromatic carbocycles. The molecule has 0 radical (unpaired) electrons. The molecular weight excluding hydrogens is 302 g/mol. The Morgan fingerprint density at radius 3 is 2.67 bits per heavy atom. The molecule has 1 aliphatic carbocycles. The van der Waals surface area contributed by atoms with E-state index >= 15 is 0 Å². The summed E-state index contributed by atoms with van der Waals surface area (Å²) in [7, 11) is 0. The fourth-order valence-electron chi connectivity index (χ4n) is 3.92. The van der Waals surface area contributed by atoms with Gasteiger partial charge in [0.2, 0.25) is 5.91 Å². The molecule has 0 aromatic heterocycles. The Hall–Kier alpha value is -1.43. The van der Waals surface area contributed by atoms with Gasteiger partial charge in [0.25, 0.3) is 0 Å². The number of benzene rings is 1. The molecule has 1 saturated carbocycles. The third kappa shape index (κ3) is 3.97. The molecule has 2 aliphatic rings. The van der Waals surface area contributed by atoms with Crippen LogP contribution in [-0.4, -0.2) is 43.7 Å². The molecule has 3 N–H and O–H groups in total. The second kappa shape index (κ2) is 8.10. The lowest BCUT2D eigenvalue weighted by Crippen LogP contribution is -2.38. The maximum absolute atomic E-state index is 12.5. The van der Waals surface area contributed by atoms with Crippen molar-refractivity contribution in [2.75, 3.05) is 38.2 Å². The summed E-state index contributed by atoms with van der Waals surface area (Å²) < 4.78 is 5.42. The first-order valence-corrected chi connectivity index (χ1v) is 9.11. The number of nitrogens with two attached hydrogens (primary N) is 1. The van der Waals surface area contributed by atoms with Crippen LogP contribution >= 0.6 is 0 Å². The molecule has 0 bridgehead atoms. The zero-order valence-electron chi connectivity index (χ0n) is 14.5. The summed E-state index contributed by atoms with van der Waals surface area (Å²) in [5.74, 6) is 0.532. The number of anilines is 1. The minimum atomic E-state index is 0.0713. The summed E-state index contributed by atoms with van der Waals surface area (Å²) in [6.45, 7) is 6.39. The Morgan fingerprint density at radius 1 is 1.29 bits per heavy atom. The molecule has 3 atom stereocenters. The van der Waals surface area contributed by atoms with Gasteiger partial charge >= 0.3 is 0 Å². The molecule has 1 unspecified atom stereocenters. The quantitative estimate of drug-likeness (QED) is 0.869. The van der Waals surface area contributed by atoms with Gasteiger partial charge in [-0.1, -0.05) is 18.6 Å². The van der Waals surface area contributed by atoms with Crippen LogP contribution in [0.25, 0.3) is 0 Å². The highest BCUT2D eigenvalue weighted by Gasteiger charge is 2.31. The number of morpholine rings is 1. The summed E-state index contributed by atoms with van der Waals surface area (Å²) in [5, 5.41) is 3.07. The van der Waals surface area contributed by atoms with Gasteiger partial charge in [0.15, 0.2) is 0 Å². The van der Waals surface area contributed by atoms with Gasteiger partial charge in [-0.2, -0.15) is 0 Å². The first-order valence-electron chi connectivity index (χ1n) is 9.11. The van der Waals surface area contributed by atoms with Crippen LogP contribution in [0, 0.1) is 11.8 Å². The lowest BCUT2D eigenvalue weighted by atomic mass is 9.95. The van der Waals surface area contributed by atoms with Crippen molar-refractivity contribution in [3.8, 4) is 0 Å². The number of carbonyl (C=O) groups excluding carboxylic acids is 1. The Kier molecular flexibility index (Phi) is 5.87. The molecular formula is C19H29N3O2. The number of carbonyl (C=O) groups is 1. The number of rotatable bonds is 5. The van der Waals surface area contributed by atoms with Crippen molar-refractivity contribution in [1.29, 1.82) is 0 Å². The van der Waals surface area contributed by atoms with E-state index in [1.165, 1.54) is 5.56 Å². The predicted octanol–water partition coefficient (Wildman–Crippen LogP) is 2.39. The largest absolute Gasteiger partial charge is 0.379 e. The summed E-state index contributed by atoms with van der Waals surface area (Å²) in [6.07, 6.45) is 3.14. The number of nitrogens with one attached hydrogen (secondary N) is 1. The molecule has 1 saturated heterocycles. The van der Waals surface area contributed by atoms with Crippen molar-refractivity contribution in [2.24, 2.45) is 17.6 Å². The van der Waals surface area contributed by atoms with Crippen molar-refractivity contribution in [2.45, 2.75) is 32.2 Å². The minimum absolute atomic E-state index is 0.0713. The van der Waals surface area contributed by atoms with Crippen molar-refractivity contribution in [3.05, 3.63) is 29.8 Å². The van der Waals surface area contributed by atoms with Crippen LogP contribution in [0.2, 0.25) is 0 Å². The third-order valence-corrected chi connectivity index (χ3v) is 5.55. The van der Waals surface area contributed by atoms with Crippen LogP contribution in [0.1, 0.15) is 37.8 Å². The zero-order chi connectivity index (χ0) is 16.9. The molecule has 5 nitrogen and oxygen atoms in total. The van der Waals surface area contributed by atoms with Crippen LogP contribution in [0.3, 0.4) is 0 Å². The molecule has 1 amide bonds. The lowest BCUT2D eigenvalue weighted by molar-refractivity contribution is -0.120. The van der Waals surface area contributed by atoms with E-state index in [4.69, 9.17) is 10.5 Å². The van der Waals surface area contributed by atoms with E-state index in [2.05, 4.69) is 29.3 Å². The standard InChI is InChI=1S/C19H29N3O2/c1-14(22-9-11-24-12-10-22)15-5-7-17(8-6-15)21-19(23)18-4-2-3-16(18)13-20/h5-8,14,16,18H,2-4,9-13,20H2,1H3,(H,21,23)/t14?,16-,18-/m1/s1. The number of hydrogen-bond donors (Lipinski definition) is 2. The third-order valence-electron chi connectivity index (χ3n) is 5.55. The van der Waals surface area contributed by atoms with E-state index < -0.39 is 0 Å². The summed E-state index contributed by atoms with van der Waals surface area (Å²) in [4.78, 5) is 14.9. The predicted molar refractivity (Wildman–Crippen MR) is 95.8 cm³/mol. The van der Waals surface area contributed by atoms with Crippen molar-refractivity contribution in [1.82, 2.24) is 4.90 Å². The van der Waals surface area contributed by atoms with E-state index in [1.807, 2.05) is 12.1 Å². The van der Waals surface area contributed by atoms with Crippen molar-refractivity contribution in [3.63, 3.8) is 0 Å². The van der Waals surface area contributed by atoms with Gasteiger partial charge in [0, 0.05) is 30.7 Å². The highest BCUT2D eigenvalue weighted by molar-refractivity contribution is 5.92. The van der Waals surface area contributed by atoms with Gasteiger partial charge in [-0.25, -0.2) is 0 Å². The molecule has 3 rings (SSSR count). The van der Waals surface area contributed by atoms with Crippen LogP contribution in [0.4, 0.5) is 5.69 Å². The fraction of sp³-hybridized carbons (Fsp3) is 0.632. The Labute approximate surface area is 144 Å². The number of ether oxygens (including phenoxy) is 1. The second-order valence-corrected chi connectivity index (χ2v) is 6.97. The topological polar surface area (TPSA) is 67.6 Å². The molecule has 5 heteroatoms. The van der Waals surface area contributed by atoms with E-state index in [1.54, 1.807) is 0 Å². The lowest BCUT2D eigenvalue weighted by Gasteiger charge is -2.32. The summed E-state index contributed by atoms with van der Waals surface area (Å²) in [6, 6.07) is 8.62. The highest BCUT2D eigenvalue weighted by atomic mass is 16.5. The molecule has 1 aliphatic heterocycles. The van der Waals surface area contributed by atoms with Crippen LogP contribution in [0.15, 0.2) is 24.3 Å². The fourth-order valence-corrected chi connectivity index (χ4v) is 3.92. The highest BCUT2D eigenvalue weighted by Crippen LogP contribution is 2.32. The number of amides is 1. The van der Waals surface area contributed by atoms with Crippen LogP contribution in [-0.2, 0) is 9.53 Å². The van der Waals surface area contributed by atoms with Gasteiger partial charge in [0.05, 0.1) is 13.2 Å². The minimum Gasteiger partial charge on any atom is -0.379 e. The molecule has 2 fully saturated rings. The maximum atomic E-state index is 12.5. The first-order chi connectivity index (χ1) is 11.7. The maximum Gasteiger partial charge on any atom is 0.227 e. The number of nitrogens with zero attached hydrogens (tertiary/aromatic N) is 1. The Bertz CT molecular complexity index is 540. The van der Waals surface area contributed by atoms with Gasteiger partial charge < -0.3 is 15.8 Å². The average molecular weight is 331 g/mol. The molecule has 132 valence electrons. The SMILES string of the molecule is CC(c1ccc(NC(=O)[C@@H]2CCC[C@@H]2CN)cc1)N1CCOCC1. The van der Waals surface area contributed by atoms with Crippen molar-refractivity contribution >= 4 is 11.6 Å². The van der Waals surface area contributed by atoms with E-state index in [0.717, 1.165) is 51.3 Å². The Balaban J connectivity index is 1.59. The first kappa shape index (κ1) is 17.4. The molecule has 1 heterocycles. The van der Waals surface area contributed by atoms with Gasteiger partial charge in [-0.15, -0.1) is 0 Å². The number of hydrogen-bond acceptors (Lipinski definition) is 4. The van der Waals surface area contributed by atoms with E-state index in [0.29, 0.717) is 18.5 Å². The summed E-state index contributed by atoms with van der Waals surface area (Å²) >= 11 is 0. The monoisotopic (exact) mass is 331 g/mol. The van der Waals surface area contributed by atoms with E-state index in [-0.39, 0.29) is 11.8 Å². The van der Waals surface area contributed by atoms with Crippen LogP contribution < -0.4 is 11.1 Å². The zero-order valence-corrected chi connectivity index (χ0v) is 14.5. The van der Waals surface area contributed by atoms with Crippen LogP contribution in [0.5, 0.6) is 0 Å². The average Bonchev–Trinajstić information content (AvgIpc) is 3.11. The van der Waals surface area contributed by atoms with Crippen molar-refractivity contribution < 1.29 is 9.53 Å². The smallest absolute Gasteiger partial charge is 0.227 e.